The van der Waals surface area contributed by atoms with Crippen molar-refractivity contribution in [3.8, 4) is 0 Å². The molecule has 0 fully saturated rings. The Morgan fingerprint density at radius 1 is 1.19 bits per heavy atom. The van der Waals surface area contributed by atoms with Crippen molar-refractivity contribution in [2.75, 3.05) is 0 Å². The van der Waals surface area contributed by atoms with Crippen molar-refractivity contribution < 1.29 is 19.6 Å². The van der Waals surface area contributed by atoms with Gasteiger partial charge < -0.3 is 9.84 Å². The second-order valence-corrected chi connectivity index (χ2v) is 5.58. The van der Waals surface area contributed by atoms with E-state index in [1.807, 2.05) is 0 Å². The molecular weight excluding hydrogens is 334 g/mol. The lowest BCUT2D eigenvalue weighted by molar-refractivity contribution is -0.384. The van der Waals surface area contributed by atoms with Gasteiger partial charge in [-0.3, -0.25) is 10.1 Å². The first kappa shape index (κ1) is 19.1. The van der Waals surface area contributed by atoms with Gasteiger partial charge in [0.15, 0.2) is 0 Å². The number of ether oxygens (including phenoxy) is 1. The highest BCUT2D eigenvalue weighted by Crippen LogP contribution is 2.27. The highest BCUT2D eigenvalue weighted by atomic mass is 16.6. The highest BCUT2D eigenvalue weighted by molar-refractivity contribution is 5.89. The molecule has 6 nitrogen and oxygen atoms in total. The fourth-order valence-electron chi connectivity index (χ4n) is 2.39. The van der Waals surface area contributed by atoms with Crippen LogP contribution in [-0.2, 0) is 4.74 Å². The van der Waals surface area contributed by atoms with Gasteiger partial charge >= 0.3 is 5.97 Å². The first-order valence-electron chi connectivity index (χ1n) is 7.99. The summed E-state index contributed by atoms with van der Waals surface area (Å²) in [5, 5.41) is 21.2. The lowest BCUT2D eigenvalue weighted by Crippen LogP contribution is -2.10. The van der Waals surface area contributed by atoms with Crippen LogP contribution < -0.4 is 0 Å². The maximum atomic E-state index is 11.9. The van der Waals surface area contributed by atoms with Crippen LogP contribution in [0.1, 0.15) is 28.4 Å². The molecule has 134 valence electrons. The number of aliphatic hydroxyl groups excluding tert-OH is 1. The molecule has 0 unspecified atom stereocenters. The van der Waals surface area contributed by atoms with Crippen LogP contribution in [0.5, 0.6) is 0 Å². The first-order chi connectivity index (χ1) is 12.5. The summed E-state index contributed by atoms with van der Waals surface area (Å²) >= 11 is 0. The van der Waals surface area contributed by atoms with Gasteiger partial charge in [-0.25, -0.2) is 4.79 Å². The van der Waals surface area contributed by atoms with Crippen LogP contribution in [0, 0.1) is 16.0 Å². The van der Waals surface area contributed by atoms with Gasteiger partial charge in [-0.1, -0.05) is 24.3 Å². The predicted molar refractivity (Wildman–Crippen MR) is 97.4 cm³/mol. The lowest BCUT2D eigenvalue weighted by atomic mass is 9.93. The van der Waals surface area contributed by atoms with Crippen molar-refractivity contribution in [3.05, 3.63) is 101 Å². The van der Waals surface area contributed by atoms with Crippen LogP contribution in [0.2, 0.25) is 0 Å². The van der Waals surface area contributed by atoms with Crippen molar-refractivity contribution >= 4 is 11.7 Å². The van der Waals surface area contributed by atoms with Gasteiger partial charge in [-0.05, 0) is 42.3 Å². The van der Waals surface area contributed by atoms with Gasteiger partial charge in [0.05, 0.1) is 22.9 Å². The van der Waals surface area contributed by atoms with E-state index in [9.17, 15) is 20.0 Å². The van der Waals surface area contributed by atoms with Crippen LogP contribution in [0.15, 0.2) is 79.6 Å². The van der Waals surface area contributed by atoms with Gasteiger partial charge in [0, 0.05) is 18.1 Å². The molecule has 2 aromatic rings. The molecule has 2 atom stereocenters. The number of nitro benzene ring substituents is 1. The van der Waals surface area contributed by atoms with Crippen LogP contribution in [0.25, 0.3) is 0 Å². The van der Waals surface area contributed by atoms with E-state index >= 15 is 0 Å². The van der Waals surface area contributed by atoms with E-state index in [0.29, 0.717) is 17.5 Å². The lowest BCUT2D eigenvalue weighted by Gasteiger charge is -2.18. The Labute approximate surface area is 151 Å². The fourth-order valence-corrected chi connectivity index (χ4v) is 2.39. The Morgan fingerprint density at radius 3 is 2.42 bits per heavy atom. The summed E-state index contributed by atoms with van der Waals surface area (Å²) in [5.74, 6) is -0.887. The molecule has 2 rings (SSSR count). The maximum absolute atomic E-state index is 11.9. The number of nitro groups is 1. The van der Waals surface area contributed by atoms with Crippen LogP contribution in [-0.4, -0.2) is 16.0 Å². The molecule has 6 heteroatoms. The van der Waals surface area contributed by atoms with Crippen molar-refractivity contribution in [3.63, 3.8) is 0 Å². The zero-order chi connectivity index (χ0) is 18.9. The number of allylic oxidation sites excluding steroid dienone is 1. The largest absolute Gasteiger partial charge is 0.431 e. The van der Waals surface area contributed by atoms with E-state index in [-0.39, 0.29) is 5.69 Å². The van der Waals surface area contributed by atoms with Gasteiger partial charge in [0.25, 0.3) is 5.69 Å². The highest BCUT2D eigenvalue weighted by Gasteiger charge is 2.19. The summed E-state index contributed by atoms with van der Waals surface area (Å²) in [6, 6.07) is 14.2. The maximum Gasteiger partial charge on any atom is 0.342 e. The summed E-state index contributed by atoms with van der Waals surface area (Å²) in [7, 11) is 0. The van der Waals surface area contributed by atoms with Gasteiger partial charge in [0.1, 0.15) is 0 Å². The zero-order valence-corrected chi connectivity index (χ0v) is 14.0. The monoisotopic (exact) mass is 353 g/mol. The average Bonchev–Trinajstić information content (AvgIpc) is 2.67. The molecule has 0 aliphatic rings. The van der Waals surface area contributed by atoms with E-state index < -0.39 is 22.9 Å². The molecular formula is C20H19NO5. The van der Waals surface area contributed by atoms with E-state index in [4.69, 9.17) is 4.74 Å². The Kier molecular flexibility index (Phi) is 6.82. The van der Waals surface area contributed by atoms with Gasteiger partial charge in [0.2, 0.25) is 0 Å². The van der Waals surface area contributed by atoms with E-state index in [2.05, 4.69) is 6.58 Å². The number of aliphatic hydroxyl groups is 1. The van der Waals surface area contributed by atoms with Crippen molar-refractivity contribution in [1.82, 2.24) is 0 Å². The number of carbonyl (C=O) groups is 1. The van der Waals surface area contributed by atoms with Crippen LogP contribution in [0.4, 0.5) is 5.69 Å². The minimum Gasteiger partial charge on any atom is -0.431 e. The van der Waals surface area contributed by atoms with Crippen LogP contribution in [0.3, 0.4) is 0 Å². The smallest absolute Gasteiger partial charge is 0.342 e. The molecule has 0 radical (unpaired) electrons. The Morgan fingerprint density at radius 2 is 1.85 bits per heavy atom. The second kappa shape index (κ2) is 9.29. The molecule has 0 heterocycles. The Bertz CT molecular complexity index is 784. The van der Waals surface area contributed by atoms with Gasteiger partial charge in [-0.2, -0.15) is 0 Å². The fraction of sp³-hybridized carbons (Fsp3) is 0.150. The summed E-state index contributed by atoms with van der Waals surface area (Å²) < 4.78 is 5.09. The number of non-ortho nitro benzene ring substituents is 1. The first-order valence-corrected chi connectivity index (χ1v) is 7.99. The third-order valence-electron chi connectivity index (χ3n) is 3.80. The molecule has 0 spiro atoms. The normalized spacial score (nSPS) is 13.1. The number of nitrogens with zero attached hydrogens (tertiary/aromatic N) is 1. The third-order valence-corrected chi connectivity index (χ3v) is 3.80. The minimum absolute atomic E-state index is 0.0476. The molecule has 0 saturated carbocycles. The zero-order valence-electron chi connectivity index (χ0n) is 14.0. The molecule has 0 amide bonds. The predicted octanol–water partition coefficient (Wildman–Crippen LogP) is 4.19. The van der Waals surface area contributed by atoms with E-state index in [1.54, 1.807) is 42.5 Å². The number of rotatable bonds is 8. The van der Waals surface area contributed by atoms with Crippen LogP contribution >= 0.6 is 0 Å². The molecule has 0 aliphatic heterocycles. The number of hydrogen-bond donors (Lipinski definition) is 1. The van der Waals surface area contributed by atoms with E-state index in [0.717, 1.165) is 0 Å². The molecule has 1 N–H and O–H groups in total. The minimum atomic E-state index is -0.916. The molecule has 2 aromatic carbocycles. The summed E-state index contributed by atoms with van der Waals surface area (Å²) in [4.78, 5) is 22.1. The number of esters is 1. The Balaban J connectivity index is 2.05. The number of benzene rings is 2. The second-order valence-electron chi connectivity index (χ2n) is 5.58. The summed E-state index contributed by atoms with van der Waals surface area (Å²) in [6.07, 6.45) is 3.99. The molecule has 0 bridgehead atoms. The summed E-state index contributed by atoms with van der Waals surface area (Å²) in [6.45, 7) is 3.66. The average molecular weight is 353 g/mol. The molecule has 0 aromatic heterocycles. The van der Waals surface area contributed by atoms with Crippen molar-refractivity contribution in [1.29, 1.82) is 0 Å². The standard InChI is InChI=1S/C20H19NO5/c1-2-6-15(13-14-26-20(23)17-7-4-3-5-8-17)19(22)16-9-11-18(12-10-16)21(24)25/h2-5,7-15,19,22H,1,6H2/b14-13+/t15-,19-/m0/s1. The van der Waals surface area contributed by atoms with E-state index in [1.165, 1.54) is 30.5 Å². The third kappa shape index (κ3) is 5.12. The Hall–Kier alpha value is -3.25. The number of hydrogen-bond acceptors (Lipinski definition) is 5. The topological polar surface area (TPSA) is 89.7 Å². The molecule has 26 heavy (non-hydrogen) atoms. The van der Waals surface area contributed by atoms with Gasteiger partial charge in [-0.15, -0.1) is 6.58 Å². The molecule has 0 saturated heterocycles. The number of carbonyl (C=O) groups excluding carboxylic acids is 1. The van der Waals surface area contributed by atoms with Crippen molar-refractivity contribution in [2.45, 2.75) is 12.5 Å². The SMILES string of the molecule is C=CC[C@@H](/C=C/OC(=O)c1ccccc1)[C@H](O)c1ccc([N+](=O)[O-])cc1. The molecule has 0 aliphatic carbocycles. The summed E-state index contributed by atoms with van der Waals surface area (Å²) in [5.41, 5.74) is 0.906. The van der Waals surface area contributed by atoms with Crippen molar-refractivity contribution in [2.24, 2.45) is 5.92 Å². The quantitative estimate of drug-likeness (QED) is 0.253.